The molecule has 2 aromatic rings. The molecule has 1 saturated heterocycles. The third-order valence-corrected chi connectivity index (χ3v) is 6.34. The summed E-state index contributed by atoms with van der Waals surface area (Å²) in [4.78, 5) is 15.3. The van der Waals surface area contributed by atoms with Crippen molar-refractivity contribution in [1.82, 2.24) is 4.90 Å². The lowest BCUT2D eigenvalue weighted by molar-refractivity contribution is -0.118. The van der Waals surface area contributed by atoms with Crippen molar-refractivity contribution in [3.63, 3.8) is 0 Å². The number of aryl methyl sites for hydroxylation is 1. The number of hydrogen-bond donors (Lipinski definition) is 1. The summed E-state index contributed by atoms with van der Waals surface area (Å²) in [5.41, 5.74) is 2.81. The van der Waals surface area contributed by atoms with Crippen LogP contribution < -0.4 is 14.8 Å². The van der Waals surface area contributed by atoms with Gasteiger partial charge in [0.1, 0.15) is 4.99 Å². The highest BCUT2D eigenvalue weighted by atomic mass is 79.9. The van der Waals surface area contributed by atoms with Crippen LogP contribution in [0.5, 0.6) is 11.5 Å². The normalized spacial score (nSPS) is 18.0. The van der Waals surface area contributed by atoms with Crippen molar-refractivity contribution < 1.29 is 19.0 Å². The van der Waals surface area contributed by atoms with Gasteiger partial charge in [0.05, 0.1) is 23.3 Å². The zero-order valence-corrected chi connectivity index (χ0v) is 21.9. The van der Waals surface area contributed by atoms with Crippen LogP contribution in [0.15, 0.2) is 40.9 Å². The summed E-state index contributed by atoms with van der Waals surface area (Å²) >= 11 is 9.36. The minimum Gasteiger partial charge on any atom is -0.490 e. The third kappa shape index (κ3) is 6.91. The van der Waals surface area contributed by atoms with E-state index in [9.17, 15) is 4.79 Å². The molecule has 33 heavy (non-hydrogen) atoms. The molecular weight excluding hydrogens is 504 g/mol. The molecule has 3 rings (SSSR count). The Bertz CT molecular complexity index is 973. The zero-order chi connectivity index (χ0) is 24.0. The average molecular weight is 536 g/mol. The molecule has 1 aliphatic heterocycles. The topological polar surface area (TPSA) is 60.0 Å². The number of nitrogens with one attached hydrogen (secondary N) is 1. The molecule has 0 aliphatic carbocycles. The summed E-state index contributed by atoms with van der Waals surface area (Å²) in [7, 11) is 0. The van der Waals surface area contributed by atoms with E-state index in [1.807, 2.05) is 57.2 Å². The molecule has 6 nitrogen and oxygen atoms in total. The first-order valence-corrected chi connectivity index (χ1v) is 12.4. The molecule has 178 valence electrons. The summed E-state index contributed by atoms with van der Waals surface area (Å²) in [5.74, 6) is 0.770. The van der Waals surface area contributed by atoms with Gasteiger partial charge < -0.3 is 24.4 Å². The van der Waals surface area contributed by atoms with Gasteiger partial charge in [0.25, 0.3) is 5.91 Å². The molecule has 0 bridgehead atoms. The Hall–Kier alpha value is -2.16. The number of benzene rings is 2. The molecule has 1 N–H and O–H groups in total. The summed E-state index contributed by atoms with van der Waals surface area (Å²) in [6.07, 6.45) is 1.18. The second kappa shape index (κ2) is 11.8. The second-order valence-corrected chi connectivity index (χ2v) is 9.31. The standard InChI is InChI=1S/C25H31BrN2O4S/c1-5-18-7-9-20(10-8-18)27-23(29)15-31-24-21(26)11-19(12-22(24)30-6-2)25(33)28-13-16(3)32-17(4)14-28/h7-12,16-17H,5-6,13-15H2,1-4H3,(H,27,29)/t16-,17+. The van der Waals surface area contributed by atoms with Crippen LogP contribution in [0.1, 0.15) is 38.8 Å². The molecule has 1 fully saturated rings. The van der Waals surface area contributed by atoms with Gasteiger partial charge in [-0.1, -0.05) is 31.3 Å². The van der Waals surface area contributed by atoms with Gasteiger partial charge in [0.2, 0.25) is 0 Å². The van der Waals surface area contributed by atoms with Gasteiger partial charge in [-0.25, -0.2) is 0 Å². The van der Waals surface area contributed by atoms with Crippen molar-refractivity contribution in [3.05, 3.63) is 52.0 Å². The van der Waals surface area contributed by atoms with E-state index in [0.29, 0.717) is 22.6 Å². The van der Waals surface area contributed by atoms with Crippen molar-refractivity contribution in [1.29, 1.82) is 0 Å². The highest BCUT2D eigenvalue weighted by molar-refractivity contribution is 9.10. The molecule has 0 spiro atoms. The highest BCUT2D eigenvalue weighted by Crippen LogP contribution is 2.37. The van der Waals surface area contributed by atoms with E-state index >= 15 is 0 Å². The monoisotopic (exact) mass is 534 g/mol. The lowest BCUT2D eigenvalue weighted by Gasteiger charge is -2.37. The van der Waals surface area contributed by atoms with Crippen LogP contribution in [0.25, 0.3) is 0 Å². The lowest BCUT2D eigenvalue weighted by Crippen LogP contribution is -2.47. The fourth-order valence-electron chi connectivity index (χ4n) is 3.78. The quantitative estimate of drug-likeness (QED) is 0.469. The smallest absolute Gasteiger partial charge is 0.262 e. The van der Waals surface area contributed by atoms with Crippen LogP contribution in [-0.4, -0.2) is 54.3 Å². The van der Waals surface area contributed by atoms with Crippen molar-refractivity contribution in [2.24, 2.45) is 0 Å². The number of morpholine rings is 1. The molecule has 0 saturated carbocycles. The molecular formula is C25H31BrN2O4S. The molecule has 1 amide bonds. The van der Waals surface area contributed by atoms with E-state index in [0.717, 1.165) is 35.7 Å². The Morgan fingerprint density at radius 3 is 2.42 bits per heavy atom. The summed E-state index contributed by atoms with van der Waals surface area (Å²) < 4.78 is 18.2. The number of thiocarbonyl (C=S) groups is 1. The first-order chi connectivity index (χ1) is 15.8. The third-order valence-electron chi connectivity index (χ3n) is 5.26. The predicted octanol–water partition coefficient (Wildman–Crippen LogP) is 5.21. The van der Waals surface area contributed by atoms with Gasteiger partial charge in [-0.2, -0.15) is 0 Å². The van der Waals surface area contributed by atoms with Gasteiger partial charge >= 0.3 is 0 Å². The van der Waals surface area contributed by atoms with Gasteiger partial charge in [-0.3, -0.25) is 4.79 Å². The number of ether oxygens (including phenoxy) is 3. The Balaban J connectivity index is 1.71. The van der Waals surface area contributed by atoms with Crippen molar-refractivity contribution in [2.45, 2.75) is 46.3 Å². The van der Waals surface area contributed by atoms with E-state index < -0.39 is 0 Å². The first kappa shape index (κ1) is 25.5. The van der Waals surface area contributed by atoms with E-state index in [1.54, 1.807) is 0 Å². The number of rotatable bonds is 8. The first-order valence-electron chi connectivity index (χ1n) is 11.2. The molecule has 0 aromatic heterocycles. The maximum Gasteiger partial charge on any atom is 0.262 e. The van der Waals surface area contributed by atoms with E-state index in [4.69, 9.17) is 26.4 Å². The van der Waals surface area contributed by atoms with Gasteiger partial charge in [-0.15, -0.1) is 0 Å². The maximum atomic E-state index is 12.4. The Morgan fingerprint density at radius 1 is 1.15 bits per heavy atom. The van der Waals surface area contributed by atoms with Crippen LogP contribution in [-0.2, 0) is 16.0 Å². The zero-order valence-electron chi connectivity index (χ0n) is 19.5. The van der Waals surface area contributed by atoms with E-state index in [-0.39, 0.29) is 24.7 Å². The molecule has 1 heterocycles. The van der Waals surface area contributed by atoms with Crippen molar-refractivity contribution >= 4 is 44.7 Å². The second-order valence-electron chi connectivity index (χ2n) is 8.07. The number of carbonyl (C=O) groups is 1. The van der Waals surface area contributed by atoms with Crippen LogP contribution in [0.2, 0.25) is 0 Å². The molecule has 1 aliphatic rings. The van der Waals surface area contributed by atoms with Crippen LogP contribution >= 0.6 is 28.1 Å². The SMILES string of the molecule is CCOc1cc(C(=S)N2C[C@@H](C)O[C@@H](C)C2)cc(Br)c1OCC(=O)Nc1ccc(CC)cc1. The minimum atomic E-state index is -0.246. The van der Waals surface area contributed by atoms with Crippen LogP contribution in [0, 0.1) is 0 Å². The fraction of sp³-hybridized carbons (Fsp3) is 0.440. The highest BCUT2D eigenvalue weighted by Gasteiger charge is 2.26. The Morgan fingerprint density at radius 2 is 1.82 bits per heavy atom. The Labute approximate surface area is 209 Å². The van der Waals surface area contributed by atoms with Gasteiger partial charge in [0.15, 0.2) is 18.1 Å². The molecule has 0 radical (unpaired) electrons. The van der Waals surface area contributed by atoms with E-state index in [2.05, 4.69) is 33.1 Å². The maximum absolute atomic E-state index is 12.4. The number of halogens is 1. The van der Waals surface area contributed by atoms with Gasteiger partial charge in [-0.05, 0) is 73.0 Å². The van der Waals surface area contributed by atoms with Crippen LogP contribution in [0.3, 0.4) is 0 Å². The Kier molecular flexibility index (Phi) is 9.11. The van der Waals surface area contributed by atoms with Crippen molar-refractivity contribution in [3.8, 4) is 11.5 Å². The summed E-state index contributed by atoms with van der Waals surface area (Å²) in [5, 5.41) is 2.86. The predicted molar refractivity (Wildman–Crippen MR) is 139 cm³/mol. The number of amides is 1. The molecule has 8 heteroatoms. The minimum absolute atomic E-state index is 0.112. The number of nitrogens with zero attached hydrogens (tertiary/aromatic N) is 1. The number of carbonyl (C=O) groups excluding carboxylic acids is 1. The van der Waals surface area contributed by atoms with Gasteiger partial charge in [0, 0.05) is 24.3 Å². The average Bonchev–Trinajstić information content (AvgIpc) is 2.78. The summed E-state index contributed by atoms with van der Waals surface area (Å²) in [6.45, 7) is 9.89. The molecule has 2 aromatic carbocycles. The molecule has 2 atom stereocenters. The lowest BCUT2D eigenvalue weighted by atomic mass is 10.1. The van der Waals surface area contributed by atoms with Crippen LogP contribution in [0.4, 0.5) is 5.69 Å². The number of hydrogen-bond acceptors (Lipinski definition) is 5. The summed E-state index contributed by atoms with van der Waals surface area (Å²) in [6, 6.07) is 11.6. The fourth-order valence-corrected chi connectivity index (χ4v) is 4.60. The molecule has 0 unspecified atom stereocenters. The largest absolute Gasteiger partial charge is 0.490 e. The van der Waals surface area contributed by atoms with Crippen molar-refractivity contribution in [2.75, 3.05) is 31.6 Å². The number of anilines is 1. The van der Waals surface area contributed by atoms with E-state index in [1.165, 1.54) is 5.56 Å².